The second-order valence-corrected chi connectivity index (χ2v) is 3.91. The second kappa shape index (κ2) is 4.60. The molecule has 0 bridgehead atoms. The van der Waals surface area contributed by atoms with Gasteiger partial charge < -0.3 is 0 Å². The van der Waals surface area contributed by atoms with E-state index in [1.165, 1.54) is 6.07 Å². The fraction of sp³-hybridized carbons (Fsp3) is 0.273. The Labute approximate surface area is 98.4 Å². The molecule has 0 saturated heterocycles. The van der Waals surface area contributed by atoms with Gasteiger partial charge in [-0.1, -0.05) is 17.3 Å². The lowest BCUT2D eigenvalue weighted by atomic mass is 10.0. The molecule has 17 heavy (non-hydrogen) atoms. The van der Waals surface area contributed by atoms with Gasteiger partial charge in [-0.05, 0) is 18.6 Å². The number of hydrazine groups is 1. The first-order chi connectivity index (χ1) is 8.13. The summed E-state index contributed by atoms with van der Waals surface area (Å²) in [6.07, 6.45) is 1.56. The van der Waals surface area contributed by atoms with E-state index >= 15 is 0 Å². The summed E-state index contributed by atoms with van der Waals surface area (Å²) in [6, 6.07) is 4.56. The summed E-state index contributed by atoms with van der Waals surface area (Å²) in [5, 5.41) is 7.57. The van der Waals surface area contributed by atoms with Crippen LogP contribution in [0, 0.1) is 12.7 Å². The van der Waals surface area contributed by atoms with E-state index in [0.29, 0.717) is 11.3 Å². The average molecular weight is 235 g/mol. The third kappa shape index (κ3) is 2.17. The van der Waals surface area contributed by atoms with Crippen LogP contribution in [0.4, 0.5) is 4.39 Å². The van der Waals surface area contributed by atoms with Crippen molar-refractivity contribution in [3.05, 3.63) is 47.0 Å². The number of aryl methyl sites for hydroxylation is 2. The smallest absolute Gasteiger partial charge is 0.128 e. The Hall–Kier alpha value is -1.79. The highest BCUT2D eigenvalue weighted by atomic mass is 19.1. The number of hydrogen-bond donors (Lipinski definition) is 2. The minimum absolute atomic E-state index is 0.297. The predicted octanol–water partition coefficient (Wildman–Crippen LogP) is 0.815. The molecule has 6 heteroatoms. The van der Waals surface area contributed by atoms with Crippen molar-refractivity contribution in [2.24, 2.45) is 12.9 Å². The van der Waals surface area contributed by atoms with Crippen LogP contribution in [-0.2, 0) is 7.05 Å². The first-order valence-corrected chi connectivity index (χ1v) is 5.20. The van der Waals surface area contributed by atoms with Crippen molar-refractivity contribution in [2.75, 3.05) is 0 Å². The molecule has 5 nitrogen and oxygen atoms in total. The summed E-state index contributed by atoms with van der Waals surface area (Å²) < 4.78 is 15.4. The van der Waals surface area contributed by atoms with Gasteiger partial charge in [0, 0.05) is 12.6 Å². The summed E-state index contributed by atoms with van der Waals surface area (Å²) in [5.41, 5.74) is 4.63. The van der Waals surface area contributed by atoms with Crippen LogP contribution in [0.1, 0.15) is 22.9 Å². The van der Waals surface area contributed by atoms with Crippen molar-refractivity contribution < 1.29 is 4.39 Å². The van der Waals surface area contributed by atoms with Crippen molar-refractivity contribution in [1.82, 2.24) is 20.4 Å². The van der Waals surface area contributed by atoms with Gasteiger partial charge in [-0.3, -0.25) is 10.5 Å². The van der Waals surface area contributed by atoms with E-state index in [9.17, 15) is 4.39 Å². The lowest BCUT2D eigenvalue weighted by Gasteiger charge is -2.16. The standard InChI is InChI=1S/C11H14FN5/c1-7-3-4-8(9(12)5-7)11(15-13)10-6-14-16-17(10)2/h3-6,11,15H,13H2,1-2H3. The summed E-state index contributed by atoms with van der Waals surface area (Å²) in [7, 11) is 1.73. The van der Waals surface area contributed by atoms with E-state index in [1.807, 2.05) is 13.0 Å². The monoisotopic (exact) mass is 235 g/mol. The molecule has 0 spiro atoms. The zero-order chi connectivity index (χ0) is 12.4. The Morgan fingerprint density at radius 2 is 2.24 bits per heavy atom. The first kappa shape index (κ1) is 11.7. The molecule has 3 N–H and O–H groups in total. The number of nitrogens with two attached hydrogens (primary N) is 1. The Kier molecular flexibility index (Phi) is 3.16. The van der Waals surface area contributed by atoms with Gasteiger partial charge in [-0.2, -0.15) is 0 Å². The van der Waals surface area contributed by atoms with Gasteiger partial charge in [0.1, 0.15) is 5.82 Å². The Morgan fingerprint density at radius 3 is 2.76 bits per heavy atom. The van der Waals surface area contributed by atoms with Gasteiger partial charge >= 0.3 is 0 Å². The lowest BCUT2D eigenvalue weighted by Crippen LogP contribution is -2.31. The highest BCUT2D eigenvalue weighted by Gasteiger charge is 2.19. The highest BCUT2D eigenvalue weighted by Crippen LogP contribution is 2.23. The van der Waals surface area contributed by atoms with Crippen molar-refractivity contribution in [3.8, 4) is 0 Å². The summed E-state index contributed by atoms with van der Waals surface area (Å²) in [5.74, 6) is 5.19. The molecule has 90 valence electrons. The fourth-order valence-corrected chi connectivity index (χ4v) is 1.76. The molecule has 2 aromatic rings. The number of benzene rings is 1. The van der Waals surface area contributed by atoms with E-state index in [0.717, 1.165) is 5.56 Å². The zero-order valence-electron chi connectivity index (χ0n) is 9.68. The van der Waals surface area contributed by atoms with E-state index in [1.54, 1.807) is 24.0 Å². The largest absolute Gasteiger partial charge is 0.271 e. The van der Waals surface area contributed by atoms with Crippen LogP contribution in [0.5, 0.6) is 0 Å². The fourth-order valence-electron chi connectivity index (χ4n) is 1.76. The normalized spacial score (nSPS) is 12.7. The van der Waals surface area contributed by atoms with Crippen molar-refractivity contribution in [3.63, 3.8) is 0 Å². The molecule has 0 aliphatic heterocycles. The molecule has 0 saturated carbocycles. The van der Waals surface area contributed by atoms with E-state index in [-0.39, 0.29) is 5.82 Å². The number of aromatic nitrogens is 3. The van der Waals surface area contributed by atoms with Crippen LogP contribution in [0.3, 0.4) is 0 Å². The van der Waals surface area contributed by atoms with Crippen molar-refractivity contribution >= 4 is 0 Å². The average Bonchev–Trinajstić information content (AvgIpc) is 2.69. The second-order valence-electron chi connectivity index (χ2n) is 3.91. The number of nitrogens with zero attached hydrogens (tertiary/aromatic N) is 3. The SMILES string of the molecule is Cc1ccc(C(NN)c2cnnn2C)c(F)c1. The maximum Gasteiger partial charge on any atom is 0.128 e. The molecule has 0 amide bonds. The molecular formula is C11H14FN5. The first-order valence-electron chi connectivity index (χ1n) is 5.20. The van der Waals surface area contributed by atoms with Gasteiger partial charge in [-0.25, -0.2) is 9.82 Å². The van der Waals surface area contributed by atoms with Gasteiger partial charge in [0.25, 0.3) is 0 Å². The van der Waals surface area contributed by atoms with E-state index < -0.39 is 6.04 Å². The van der Waals surface area contributed by atoms with Gasteiger partial charge in [0.15, 0.2) is 0 Å². The van der Waals surface area contributed by atoms with Crippen molar-refractivity contribution in [2.45, 2.75) is 13.0 Å². The minimum Gasteiger partial charge on any atom is -0.271 e. The molecule has 0 fully saturated rings. The predicted molar refractivity (Wildman–Crippen MR) is 61.3 cm³/mol. The van der Waals surface area contributed by atoms with Gasteiger partial charge in [-0.15, -0.1) is 5.10 Å². The van der Waals surface area contributed by atoms with Crippen LogP contribution in [0.2, 0.25) is 0 Å². The topological polar surface area (TPSA) is 68.8 Å². The molecule has 1 unspecified atom stereocenters. The number of halogens is 1. The number of hydrogen-bond acceptors (Lipinski definition) is 4. The Balaban J connectivity index is 2.46. The quantitative estimate of drug-likeness (QED) is 0.610. The molecule has 1 aromatic carbocycles. The van der Waals surface area contributed by atoms with Gasteiger partial charge in [0.2, 0.25) is 0 Å². The van der Waals surface area contributed by atoms with Gasteiger partial charge in [0.05, 0.1) is 17.9 Å². The highest BCUT2D eigenvalue weighted by molar-refractivity contribution is 5.30. The summed E-state index contributed by atoms with van der Waals surface area (Å²) in [4.78, 5) is 0. The third-order valence-electron chi connectivity index (χ3n) is 2.68. The maximum absolute atomic E-state index is 13.9. The van der Waals surface area contributed by atoms with E-state index in [4.69, 9.17) is 5.84 Å². The van der Waals surface area contributed by atoms with Crippen LogP contribution in [-0.4, -0.2) is 15.0 Å². The molecule has 0 aliphatic carbocycles. The molecule has 0 aliphatic rings. The van der Waals surface area contributed by atoms with Crippen LogP contribution in [0.15, 0.2) is 24.4 Å². The Bertz CT molecular complexity index is 522. The van der Waals surface area contributed by atoms with Crippen molar-refractivity contribution in [1.29, 1.82) is 0 Å². The van der Waals surface area contributed by atoms with Crippen LogP contribution in [0.25, 0.3) is 0 Å². The minimum atomic E-state index is -0.462. The third-order valence-corrected chi connectivity index (χ3v) is 2.68. The van der Waals surface area contributed by atoms with Crippen LogP contribution >= 0.6 is 0 Å². The van der Waals surface area contributed by atoms with Crippen LogP contribution < -0.4 is 11.3 Å². The molecule has 1 heterocycles. The number of rotatable bonds is 3. The molecular weight excluding hydrogens is 221 g/mol. The molecule has 0 radical (unpaired) electrons. The maximum atomic E-state index is 13.9. The number of nitrogens with one attached hydrogen (secondary N) is 1. The summed E-state index contributed by atoms with van der Waals surface area (Å²) >= 11 is 0. The lowest BCUT2D eigenvalue weighted by molar-refractivity contribution is 0.530. The Morgan fingerprint density at radius 1 is 1.47 bits per heavy atom. The van der Waals surface area contributed by atoms with E-state index in [2.05, 4.69) is 15.7 Å². The molecule has 1 atom stereocenters. The molecule has 1 aromatic heterocycles. The summed E-state index contributed by atoms with van der Waals surface area (Å²) in [6.45, 7) is 1.84. The molecule has 2 rings (SSSR count). The zero-order valence-corrected chi connectivity index (χ0v) is 9.68.